The van der Waals surface area contributed by atoms with Crippen LogP contribution >= 0.6 is 0 Å². The molecule has 1 aromatic heterocycles. The molecule has 5 nitrogen and oxygen atoms in total. The predicted octanol–water partition coefficient (Wildman–Crippen LogP) is 3.28. The lowest BCUT2D eigenvalue weighted by Gasteiger charge is -2.33. The Hall–Kier alpha value is -2.17. The third-order valence-corrected chi connectivity index (χ3v) is 4.53. The van der Waals surface area contributed by atoms with Crippen molar-refractivity contribution >= 4 is 5.91 Å². The molecule has 5 heteroatoms. The van der Waals surface area contributed by atoms with E-state index in [1.165, 1.54) is 0 Å². The molecule has 0 bridgehead atoms. The summed E-state index contributed by atoms with van der Waals surface area (Å²) >= 11 is 0. The largest absolute Gasteiger partial charge is 0.341 e. The molecule has 23 heavy (non-hydrogen) atoms. The van der Waals surface area contributed by atoms with E-state index < -0.39 is 0 Å². The second-order valence-electron chi connectivity index (χ2n) is 6.17. The smallest absolute Gasteiger partial charge is 0.231 e. The maximum atomic E-state index is 13.0. The summed E-state index contributed by atoms with van der Waals surface area (Å²) in [6.07, 6.45) is 2.78. The van der Waals surface area contributed by atoms with E-state index in [0.717, 1.165) is 31.4 Å². The van der Waals surface area contributed by atoms with Crippen LogP contribution in [0.25, 0.3) is 0 Å². The number of aromatic nitrogens is 2. The topological polar surface area (TPSA) is 59.2 Å². The van der Waals surface area contributed by atoms with Crippen molar-refractivity contribution in [1.82, 2.24) is 15.0 Å². The van der Waals surface area contributed by atoms with Crippen LogP contribution in [0.1, 0.15) is 55.3 Å². The predicted molar refractivity (Wildman–Crippen MR) is 87.1 cm³/mol. The molecule has 1 aliphatic heterocycles. The Kier molecular flexibility index (Phi) is 4.74. The van der Waals surface area contributed by atoms with Gasteiger partial charge in [-0.15, -0.1) is 0 Å². The van der Waals surface area contributed by atoms with Gasteiger partial charge in [0, 0.05) is 13.1 Å². The van der Waals surface area contributed by atoms with Crippen molar-refractivity contribution < 1.29 is 9.32 Å². The summed E-state index contributed by atoms with van der Waals surface area (Å²) in [7, 11) is 0. The van der Waals surface area contributed by atoms with E-state index in [2.05, 4.69) is 17.1 Å². The van der Waals surface area contributed by atoms with Crippen LogP contribution in [0, 0.1) is 6.92 Å². The minimum atomic E-state index is -0.0700. The molecule has 1 amide bonds. The summed E-state index contributed by atoms with van der Waals surface area (Å²) in [5.74, 6) is 1.60. The first kappa shape index (κ1) is 15.7. The highest BCUT2D eigenvalue weighted by Gasteiger charge is 2.31. The molecule has 3 rings (SSSR count). The molecule has 0 saturated carbocycles. The number of amides is 1. The molecule has 1 aliphatic rings. The van der Waals surface area contributed by atoms with Crippen molar-refractivity contribution in [3.8, 4) is 0 Å². The van der Waals surface area contributed by atoms with Crippen LogP contribution < -0.4 is 0 Å². The molecular formula is C18H23N3O2. The lowest BCUT2D eigenvalue weighted by molar-refractivity contribution is -0.134. The second-order valence-corrected chi connectivity index (χ2v) is 6.17. The molecule has 1 saturated heterocycles. The van der Waals surface area contributed by atoms with Gasteiger partial charge in [-0.2, -0.15) is 4.98 Å². The van der Waals surface area contributed by atoms with E-state index >= 15 is 0 Å². The third kappa shape index (κ3) is 3.44. The zero-order valence-electron chi connectivity index (χ0n) is 13.7. The first-order valence-corrected chi connectivity index (χ1v) is 8.33. The highest BCUT2D eigenvalue weighted by atomic mass is 16.5. The Morgan fingerprint density at radius 1 is 1.39 bits per heavy atom. The number of likely N-dealkylation sites (tertiary alicyclic amines) is 1. The molecular weight excluding hydrogens is 290 g/mol. The number of carbonyl (C=O) groups is 1. The SMILES string of the molecule is CC[C@H](C(=O)N1CCC[C@H](c2nc(C)no2)C1)c1ccccc1. The molecule has 0 aliphatic carbocycles. The number of rotatable bonds is 4. The summed E-state index contributed by atoms with van der Waals surface area (Å²) in [6, 6.07) is 10.0. The first-order chi connectivity index (χ1) is 11.2. The molecule has 0 spiro atoms. The number of nitrogens with zero attached hydrogens (tertiary/aromatic N) is 3. The fraction of sp³-hybridized carbons (Fsp3) is 0.500. The summed E-state index contributed by atoms with van der Waals surface area (Å²) in [6.45, 7) is 5.37. The van der Waals surface area contributed by atoms with Gasteiger partial charge >= 0.3 is 0 Å². The lowest BCUT2D eigenvalue weighted by atomic mass is 9.92. The molecule has 2 heterocycles. The quantitative estimate of drug-likeness (QED) is 0.869. The molecule has 0 unspecified atom stereocenters. The molecule has 1 aromatic carbocycles. The normalized spacial score (nSPS) is 19.6. The second kappa shape index (κ2) is 6.94. The Labute approximate surface area is 136 Å². The van der Waals surface area contributed by atoms with Gasteiger partial charge in [0.25, 0.3) is 0 Å². The third-order valence-electron chi connectivity index (χ3n) is 4.53. The zero-order valence-corrected chi connectivity index (χ0v) is 13.7. The lowest BCUT2D eigenvalue weighted by Crippen LogP contribution is -2.41. The number of hydrogen-bond donors (Lipinski definition) is 0. The Bertz CT molecular complexity index is 653. The highest BCUT2D eigenvalue weighted by Crippen LogP contribution is 2.29. The fourth-order valence-electron chi connectivity index (χ4n) is 3.32. The van der Waals surface area contributed by atoms with Crippen molar-refractivity contribution in [2.45, 2.75) is 44.9 Å². The highest BCUT2D eigenvalue weighted by molar-refractivity contribution is 5.83. The van der Waals surface area contributed by atoms with E-state index in [1.54, 1.807) is 0 Å². The minimum Gasteiger partial charge on any atom is -0.341 e. The maximum Gasteiger partial charge on any atom is 0.231 e. The van der Waals surface area contributed by atoms with Gasteiger partial charge in [0.1, 0.15) is 0 Å². The van der Waals surface area contributed by atoms with Gasteiger partial charge in [-0.1, -0.05) is 42.4 Å². The summed E-state index contributed by atoms with van der Waals surface area (Å²) in [4.78, 5) is 19.3. The molecule has 0 N–H and O–H groups in total. The molecule has 1 fully saturated rings. The van der Waals surface area contributed by atoms with E-state index in [-0.39, 0.29) is 17.7 Å². The van der Waals surface area contributed by atoms with Gasteiger partial charge in [0.15, 0.2) is 5.82 Å². The van der Waals surface area contributed by atoms with E-state index in [9.17, 15) is 4.79 Å². The Morgan fingerprint density at radius 2 is 2.17 bits per heavy atom. The van der Waals surface area contributed by atoms with Crippen LogP contribution in [0.4, 0.5) is 0 Å². The molecule has 2 aromatic rings. The number of piperidine rings is 1. The van der Waals surface area contributed by atoms with Crippen molar-refractivity contribution in [3.63, 3.8) is 0 Å². The first-order valence-electron chi connectivity index (χ1n) is 8.33. The zero-order chi connectivity index (χ0) is 16.2. The number of aryl methyl sites for hydroxylation is 1. The molecule has 0 radical (unpaired) electrons. The van der Waals surface area contributed by atoms with Crippen LogP contribution in [-0.2, 0) is 4.79 Å². The van der Waals surface area contributed by atoms with Gasteiger partial charge < -0.3 is 9.42 Å². The minimum absolute atomic E-state index is 0.0700. The average Bonchev–Trinajstić information content (AvgIpc) is 3.03. The van der Waals surface area contributed by atoms with Gasteiger partial charge in [0.05, 0.1) is 11.8 Å². The number of carbonyl (C=O) groups excluding carboxylic acids is 1. The maximum absolute atomic E-state index is 13.0. The van der Waals surface area contributed by atoms with Gasteiger partial charge in [-0.3, -0.25) is 4.79 Å². The van der Waals surface area contributed by atoms with Crippen molar-refractivity contribution in [1.29, 1.82) is 0 Å². The standard InChI is InChI=1S/C18H23N3O2/c1-3-16(14-8-5-4-6-9-14)18(22)21-11-7-10-15(12-21)17-19-13(2)20-23-17/h4-6,8-9,15-16H,3,7,10-12H2,1-2H3/t15-,16-/m0/s1. The van der Waals surface area contributed by atoms with Gasteiger partial charge in [-0.25, -0.2) is 0 Å². The summed E-state index contributed by atoms with van der Waals surface area (Å²) in [5.41, 5.74) is 1.09. The van der Waals surface area contributed by atoms with Gasteiger partial charge in [-0.05, 0) is 31.7 Å². The fourth-order valence-corrected chi connectivity index (χ4v) is 3.32. The van der Waals surface area contributed by atoms with Crippen molar-refractivity contribution in [3.05, 3.63) is 47.6 Å². The van der Waals surface area contributed by atoms with Crippen molar-refractivity contribution in [2.24, 2.45) is 0 Å². The van der Waals surface area contributed by atoms with Crippen LogP contribution in [0.15, 0.2) is 34.9 Å². The molecule has 122 valence electrons. The van der Waals surface area contributed by atoms with Crippen LogP contribution in [0.5, 0.6) is 0 Å². The average molecular weight is 313 g/mol. The van der Waals surface area contributed by atoms with Crippen molar-refractivity contribution in [2.75, 3.05) is 13.1 Å². The van der Waals surface area contributed by atoms with E-state index in [4.69, 9.17) is 4.52 Å². The monoisotopic (exact) mass is 313 g/mol. The van der Waals surface area contributed by atoms with E-state index in [0.29, 0.717) is 18.3 Å². The van der Waals surface area contributed by atoms with Crippen LogP contribution in [0.2, 0.25) is 0 Å². The molecule has 2 atom stereocenters. The Morgan fingerprint density at radius 3 is 2.83 bits per heavy atom. The van der Waals surface area contributed by atoms with Crippen LogP contribution in [0.3, 0.4) is 0 Å². The van der Waals surface area contributed by atoms with Gasteiger partial charge in [0.2, 0.25) is 11.8 Å². The summed E-state index contributed by atoms with van der Waals surface area (Å²) in [5, 5.41) is 3.87. The number of hydrogen-bond acceptors (Lipinski definition) is 4. The van der Waals surface area contributed by atoms with E-state index in [1.807, 2.05) is 42.2 Å². The number of benzene rings is 1. The summed E-state index contributed by atoms with van der Waals surface area (Å²) < 4.78 is 5.30. The Balaban J connectivity index is 1.73. The van der Waals surface area contributed by atoms with Crippen LogP contribution in [-0.4, -0.2) is 34.0 Å².